The highest BCUT2D eigenvalue weighted by atomic mass is 16.5. The quantitative estimate of drug-likeness (QED) is 0.625. The molecular formula is C16H17NO3. The molecule has 0 radical (unpaired) electrons. The highest BCUT2D eigenvalue weighted by molar-refractivity contribution is 6.05. The first-order valence-electron chi connectivity index (χ1n) is 6.84. The first-order chi connectivity index (χ1) is 9.72. The van der Waals surface area contributed by atoms with Crippen LogP contribution in [0.15, 0.2) is 36.4 Å². The number of carbonyl (C=O) groups is 2. The number of hydrogen-bond acceptors (Lipinski definition) is 3. The fourth-order valence-corrected chi connectivity index (χ4v) is 3.03. The Labute approximate surface area is 118 Å². The molecule has 0 bridgehead atoms. The van der Waals surface area contributed by atoms with Crippen LogP contribution in [0.4, 0.5) is 0 Å². The summed E-state index contributed by atoms with van der Waals surface area (Å²) < 4.78 is 5.28. The highest BCUT2D eigenvalue weighted by Gasteiger charge is 2.47. The number of methoxy groups -OCH3 is 1. The van der Waals surface area contributed by atoms with Gasteiger partial charge in [0.05, 0.1) is 25.5 Å². The maximum Gasteiger partial charge on any atom is 0.233 e. The van der Waals surface area contributed by atoms with E-state index < -0.39 is 0 Å². The molecule has 2 aliphatic rings. The third-order valence-corrected chi connectivity index (χ3v) is 4.12. The molecule has 1 aromatic rings. The normalized spacial score (nSPS) is 24.9. The lowest BCUT2D eigenvalue weighted by molar-refractivity contribution is -0.140. The smallest absolute Gasteiger partial charge is 0.233 e. The van der Waals surface area contributed by atoms with Gasteiger partial charge in [0.2, 0.25) is 11.8 Å². The molecule has 1 aliphatic carbocycles. The van der Waals surface area contributed by atoms with Crippen LogP contribution in [0.3, 0.4) is 0 Å². The molecule has 2 unspecified atom stereocenters. The molecule has 3 rings (SSSR count). The van der Waals surface area contributed by atoms with Crippen molar-refractivity contribution in [3.63, 3.8) is 0 Å². The van der Waals surface area contributed by atoms with Gasteiger partial charge in [0.15, 0.2) is 0 Å². The van der Waals surface area contributed by atoms with Crippen molar-refractivity contribution in [1.82, 2.24) is 4.90 Å². The van der Waals surface area contributed by atoms with Crippen LogP contribution in [0, 0.1) is 11.8 Å². The molecule has 104 valence electrons. The van der Waals surface area contributed by atoms with Crippen LogP contribution >= 0.6 is 0 Å². The predicted molar refractivity (Wildman–Crippen MR) is 73.9 cm³/mol. The van der Waals surface area contributed by atoms with Crippen LogP contribution < -0.4 is 4.74 Å². The summed E-state index contributed by atoms with van der Waals surface area (Å²) in [6, 6.07) is 7.49. The first kappa shape index (κ1) is 12.9. The molecule has 4 heteroatoms. The fourth-order valence-electron chi connectivity index (χ4n) is 3.03. The van der Waals surface area contributed by atoms with E-state index in [-0.39, 0.29) is 23.7 Å². The molecule has 1 saturated heterocycles. The second-order valence-corrected chi connectivity index (χ2v) is 5.23. The molecule has 20 heavy (non-hydrogen) atoms. The number of carbonyl (C=O) groups excluding carboxylic acids is 2. The molecule has 1 aliphatic heterocycles. The van der Waals surface area contributed by atoms with Crippen molar-refractivity contribution in [2.75, 3.05) is 7.11 Å². The average molecular weight is 271 g/mol. The van der Waals surface area contributed by atoms with Crippen molar-refractivity contribution in [3.05, 3.63) is 42.0 Å². The van der Waals surface area contributed by atoms with Gasteiger partial charge in [-0.05, 0) is 18.9 Å². The van der Waals surface area contributed by atoms with Crippen molar-refractivity contribution < 1.29 is 14.3 Å². The Morgan fingerprint density at radius 2 is 1.70 bits per heavy atom. The van der Waals surface area contributed by atoms with Gasteiger partial charge in [0, 0.05) is 5.56 Å². The lowest BCUT2D eigenvalue weighted by Gasteiger charge is -2.16. The summed E-state index contributed by atoms with van der Waals surface area (Å²) in [6.45, 7) is 0.300. The van der Waals surface area contributed by atoms with Gasteiger partial charge >= 0.3 is 0 Å². The Morgan fingerprint density at radius 1 is 1.10 bits per heavy atom. The average Bonchev–Trinajstić information content (AvgIpc) is 2.73. The number of benzene rings is 1. The van der Waals surface area contributed by atoms with Gasteiger partial charge in [0.25, 0.3) is 0 Å². The summed E-state index contributed by atoms with van der Waals surface area (Å²) in [4.78, 5) is 26.2. The molecular weight excluding hydrogens is 254 g/mol. The zero-order valence-electron chi connectivity index (χ0n) is 11.4. The zero-order chi connectivity index (χ0) is 14.1. The van der Waals surface area contributed by atoms with E-state index in [1.54, 1.807) is 7.11 Å². The number of amides is 2. The summed E-state index contributed by atoms with van der Waals surface area (Å²) >= 11 is 0. The SMILES string of the molecule is COc1ccccc1CN1C(=O)C2CC=CCC2C1=O. The summed E-state index contributed by atoms with van der Waals surface area (Å²) in [5.74, 6) is 0.288. The fraction of sp³-hybridized carbons (Fsp3) is 0.375. The molecule has 1 fully saturated rings. The largest absolute Gasteiger partial charge is 0.496 e. The summed E-state index contributed by atoms with van der Waals surface area (Å²) in [5, 5.41) is 0. The first-order valence-corrected chi connectivity index (χ1v) is 6.84. The standard InChI is InChI=1S/C16H17NO3/c1-20-14-9-5-2-6-11(14)10-17-15(18)12-7-3-4-8-13(12)16(17)19/h2-6,9,12-13H,7-8,10H2,1H3. The minimum Gasteiger partial charge on any atom is -0.496 e. The Kier molecular flexibility index (Phi) is 3.30. The third-order valence-electron chi connectivity index (χ3n) is 4.12. The number of nitrogens with zero attached hydrogens (tertiary/aromatic N) is 1. The lowest BCUT2D eigenvalue weighted by atomic mass is 9.85. The Hall–Kier alpha value is -2.10. The number of imide groups is 1. The number of hydrogen-bond donors (Lipinski definition) is 0. The van der Waals surface area contributed by atoms with E-state index in [1.807, 2.05) is 36.4 Å². The Morgan fingerprint density at radius 3 is 2.30 bits per heavy atom. The van der Waals surface area contributed by atoms with Gasteiger partial charge in [-0.25, -0.2) is 0 Å². The molecule has 1 aromatic carbocycles. The molecule has 4 nitrogen and oxygen atoms in total. The second kappa shape index (κ2) is 5.12. The zero-order valence-corrected chi connectivity index (χ0v) is 11.4. The number of likely N-dealkylation sites (tertiary alicyclic amines) is 1. The maximum absolute atomic E-state index is 12.4. The van der Waals surface area contributed by atoms with Crippen LogP contribution in [0.2, 0.25) is 0 Å². The Balaban J connectivity index is 1.85. The number of fused-ring (bicyclic) bond motifs is 1. The van der Waals surface area contributed by atoms with Gasteiger partial charge in [-0.2, -0.15) is 0 Å². The van der Waals surface area contributed by atoms with Crippen LogP contribution in [0.5, 0.6) is 5.75 Å². The van der Waals surface area contributed by atoms with Gasteiger partial charge in [-0.1, -0.05) is 30.4 Å². The van der Waals surface area contributed by atoms with Gasteiger partial charge in [-0.3, -0.25) is 14.5 Å². The van der Waals surface area contributed by atoms with E-state index in [2.05, 4.69) is 0 Å². The van der Waals surface area contributed by atoms with Crippen molar-refractivity contribution in [2.24, 2.45) is 11.8 Å². The van der Waals surface area contributed by atoms with Gasteiger partial charge in [0.1, 0.15) is 5.75 Å². The van der Waals surface area contributed by atoms with Crippen molar-refractivity contribution >= 4 is 11.8 Å². The van der Waals surface area contributed by atoms with Crippen molar-refractivity contribution in [2.45, 2.75) is 19.4 Å². The van der Waals surface area contributed by atoms with E-state index in [0.717, 1.165) is 5.56 Å². The van der Waals surface area contributed by atoms with E-state index in [4.69, 9.17) is 4.74 Å². The molecule has 2 atom stereocenters. The van der Waals surface area contributed by atoms with E-state index in [1.165, 1.54) is 4.90 Å². The van der Waals surface area contributed by atoms with Crippen LogP contribution in [-0.4, -0.2) is 23.8 Å². The van der Waals surface area contributed by atoms with Crippen LogP contribution in [0.1, 0.15) is 18.4 Å². The van der Waals surface area contributed by atoms with Gasteiger partial charge in [-0.15, -0.1) is 0 Å². The Bertz CT molecular complexity index is 553. The second-order valence-electron chi connectivity index (χ2n) is 5.23. The number of ether oxygens (including phenoxy) is 1. The van der Waals surface area contributed by atoms with Crippen LogP contribution in [0.25, 0.3) is 0 Å². The summed E-state index contributed by atoms with van der Waals surface area (Å²) in [6.07, 6.45) is 5.35. The monoisotopic (exact) mass is 271 g/mol. The summed E-state index contributed by atoms with van der Waals surface area (Å²) in [5.41, 5.74) is 0.864. The van der Waals surface area contributed by atoms with E-state index >= 15 is 0 Å². The summed E-state index contributed by atoms with van der Waals surface area (Å²) in [7, 11) is 1.59. The van der Waals surface area contributed by atoms with Crippen LogP contribution in [-0.2, 0) is 16.1 Å². The minimum atomic E-state index is -0.165. The predicted octanol–water partition coefficient (Wildman–Crippen LogP) is 2.15. The topological polar surface area (TPSA) is 46.6 Å². The molecule has 0 N–H and O–H groups in total. The lowest BCUT2D eigenvalue weighted by Crippen LogP contribution is -2.30. The maximum atomic E-state index is 12.4. The molecule has 0 saturated carbocycles. The molecule has 0 aromatic heterocycles. The van der Waals surface area contributed by atoms with E-state index in [9.17, 15) is 9.59 Å². The third kappa shape index (κ3) is 2.01. The molecule has 1 heterocycles. The molecule has 2 amide bonds. The highest BCUT2D eigenvalue weighted by Crippen LogP contribution is 2.36. The number of rotatable bonds is 3. The number of para-hydroxylation sites is 1. The van der Waals surface area contributed by atoms with Gasteiger partial charge < -0.3 is 4.74 Å². The van der Waals surface area contributed by atoms with E-state index in [0.29, 0.717) is 25.1 Å². The van der Waals surface area contributed by atoms with Crippen molar-refractivity contribution in [3.8, 4) is 5.75 Å². The minimum absolute atomic E-state index is 0.0461. The van der Waals surface area contributed by atoms with Crippen molar-refractivity contribution in [1.29, 1.82) is 0 Å². The number of allylic oxidation sites excluding steroid dienone is 2. The molecule has 0 spiro atoms.